The average Bonchev–Trinajstić information content (AvgIpc) is 2.41. The Bertz CT molecular complexity index is 482. The lowest BCUT2D eigenvalue weighted by atomic mass is 9.82. The number of rotatable bonds is 0. The zero-order chi connectivity index (χ0) is 12.6. The van der Waals surface area contributed by atoms with E-state index in [1.807, 2.05) is 28.6 Å². The van der Waals surface area contributed by atoms with Gasteiger partial charge in [-0.05, 0) is 12.1 Å². The molecule has 18 heavy (non-hydrogen) atoms. The zero-order valence-electron chi connectivity index (χ0n) is 10.0. The van der Waals surface area contributed by atoms with Gasteiger partial charge >= 0.3 is 0 Å². The molecule has 1 aromatic rings. The van der Waals surface area contributed by atoms with Crippen molar-refractivity contribution >= 4 is 18.5 Å². The fourth-order valence-electron chi connectivity index (χ4n) is 2.73. The number of thiol groups is 1. The summed E-state index contributed by atoms with van der Waals surface area (Å²) in [7, 11) is 0. The number of fused-ring (bicyclic) bond motifs is 1. The van der Waals surface area contributed by atoms with Gasteiger partial charge in [-0.2, -0.15) is 0 Å². The third kappa shape index (κ3) is 1.97. The van der Waals surface area contributed by atoms with Crippen molar-refractivity contribution < 1.29 is 9.94 Å². The van der Waals surface area contributed by atoms with Gasteiger partial charge in [0, 0.05) is 37.9 Å². The van der Waals surface area contributed by atoms with Crippen molar-refractivity contribution in [3.8, 4) is 5.75 Å². The SMILES string of the molecule is O/N=C1\CC2(CCN(S)CC2)Oc2ccccc21. The summed E-state index contributed by atoms with van der Waals surface area (Å²) in [5.41, 5.74) is 1.40. The van der Waals surface area contributed by atoms with Crippen LogP contribution in [0.15, 0.2) is 29.4 Å². The Labute approximate surface area is 112 Å². The van der Waals surface area contributed by atoms with E-state index >= 15 is 0 Å². The molecule has 2 aliphatic rings. The smallest absolute Gasteiger partial charge is 0.129 e. The lowest BCUT2D eigenvalue weighted by Gasteiger charge is -2.43. The van der Waals surface area contributed by atoms with Gasteiger partial charge in [0.25, 0.3) is 0 Å². The first kappa shape index (κ1) is 11.9. The Morgan fingerprint density at radius 1 is 1.28 bits per heavy atom. The van der Waals surface area contributed by atoms with E-state index in [0.29, 0.717) is 6.42 Å². The first-order valence-corrected chi connectivity index (χ1v) is 6.56. The highest BCUT2D eigenvalue weighted by Crippen LogP contribution is 2.39. The number of piperidine rings is 1. The zero-order valence-corrected chi connectivity index (χ0v) is 10.9. The normalized spacial score (nSPS) is 24.8. The van der Waals surface area contributed by atoms with Crippen LogP contribution in [0.4, 0.5) is 0 Å². The minimum atomic E-state index is -0.227. The van der Waals surface area contributed by atoms with E-state index in [9.17, 15) is 5.21 Å². The molecule has 5 heteroatoms. The molecule has 0 bridgehead atoms. The molecule has 0 aliphatic carbocycles. The molecule has 0 amide bonds. The van der Waals surface area contributed by atoms with Crippen LogP contribution >= 0.6 is 12.8 Å². The first-order chi connectivity index (χ1) is 8.72. The topological polar surface area (TPSA) is 45.1 Å². The van der Waals surface area contributed by atoms with Gasteiger partial charge in [0.1, 0.15) is 11.4 Å². The number of oxime groups is 1. The van der Waals surface area contributed by atoms with Crippen molar-refractivity contribution in [1.82, 2.24) is 4.31 Å². The minimum Gasteiger partial charge on any atom is -0.486 e. The van der Waals surface area contributed by atoms with Gasteiger partial charge in [0.15, 0.2) is 0 Å². The molecule has 4 nitrogen and oxygen atoms in total. The Hall–Kier alpha value is -1.20. The van der Waals surface area contributed by atoms with E-state index in [1.165, 1.54) is 0 Å². The van der Waals surface area contributed by atoms with Crippen LogP contribution in [0, 0.1) is 0 Å². The largest absolute Gasteiger partial charge is 0.486 e. The molecule has 1 spiro atoms. The van der Waals surface area contributed by atoms with Crippen LogP contribution in [0.1, 0.15) is 24.8 Å². The van der Waals surface area contributed by atoms with Crippen LogP contribution in [0.5, 0.6) is 5.75 Å². The highest BCUT2D eigenvalue weighted by atomic mass is 32.1. The summed E-state index contributed by atoms with van der Waals surface area (Å²) in [6, 6.07) is 7.75. The molecular formula is C13H16N2O2S. The molecule has 0 saturated carbocycles. The molecule has 1 aromatic carbocycles. The van der Waals surface area contributed by atoms with Crippen LogP contribution < -0.4 is 4.74 Å². The number of nitrogens with zero attached hydrogens (tertiary/aromatic N) is 2. The monoisotopic (exact) mass is 264 g/mol. The third-order valence-corrected chi connectivity index (χ3v) is 4.19. The van der Waals surface area contributed by atoms with Crippen molar-refractivity contribution in [3.05, 3.63) is 29.8 Å². The summed E-state index contributed by atoms with van der Waals surface area (Å²) in [6.07, 6.45) is 2.48. The Morgan fingerprint density at radius 3 is 2.72 bits per heavy atom. The van der Waals surface area contributed by atoms with E-state index in [0.717, 1.165) is 43.0 Å². The van der Waals surface area contributed by atoms with Crippen LogP contribution in [0.25, 0.3) is 0 Å². The molecule has 0 atom stereocenters. The van der Waals surface area contributed by atoms with E-state index in [4.69, 9.17) is 4.74 Å². The van der Waals surface area contributed by atoms with E-state index in [1.54, 1.807) is 0 Å². The molecule has 96 valence electrons. The van der Waals surface area contributed by atoms with Crippen LogP contribution in [0.2, 0.25) is 0 Å². The summed E-state index contributed by atoms with van der Waals surface area (Å²) in [5.74, 6) is 0.823. The van der Waals surface area contributed by atoms with Gasteiger partial charge in [0.2, 0.25) is 0 Å². The van der Waals surface area contributed by atoms with Gasteiger partial charge in [0.05, 0.1) is 5.71 Å². The maximum Gasteiger partial charge on any atom is 0.129 e. The summed E-state index contributed by atoms with van der Waals surface area (Å²) >= 11 is 4.36. The van der Waals surface area contributed by atoms with Crippen molar-refractivity contribution in [3.63, 3.8) is 0 Å². The van der Waals surface area contributed by atoms with Crippen LogP contribution in [0.3, 0.4) is 0 Å². The van der Waals surface area contributed by atoms with Crippen LogP contribution in [-0.4, -0.2) is 33.9 Å². The van der Waals surface area contributed by atoms with E-state index in [-0.39, 0.29) is 5.60 Å². The third-order valence-electron chi connectivity index (χ3n) is 3.79. The van der Waals surface area contributed by atoms with Crippen LogP contribution in [-0.2, 0) is 0 Å². The fourth-order valence-corrected chi connectivity index (χ4v) is 2.93. The van der Waals surface area contributed by atoms with Gasteiger partial charge in [-0.3, -0.25) is 4.31 Å². The summed E-state index contributed by atoms with van der Waals surface area (Å²) < 4.78 is 8.19. The Kier molecular flexibility index (Phi) is 2.95. The summed E-state index contributed by atoms with van der Waals surface area (Å²) in [4.78, 5) is 0. The minimum absolute atomic E-state index is 0.227. The highest BCUT2D eigenvalue weighted by molar-refractivity contribution is 7.77. The Balaban J connectivity index is 1.95. The number of ether oxygens (including phenoxy) is 1. The second-order valence-corrected chi connectivity index (χ2v) is 5.52. The predicted octanol–water partition coefficient (Wildman–Crippen LogP) is 2.33. The lowest BCUT2D eigenvalue weighted by molar-refractivity contribution is 0.0232. The molecule has 1 fully saturated rings. The molecule has 0 aromatic heterocycles. The number of benzene rings is 1. The molecule has 1 N–H and O–H groups in total. The maximum absolute atomic E-state index is 9.21. The van der Waals surface area contributed by atoms with E-state index in [2.05, 4.69) is 18.0 Å². The standard InChI is InChI=1S/C13H16N2O2S/c16-14-11-9-13(5-7-15(18)8-6-13)17-12-4-2-1-3-10(11)12/h1-4,16,18H,5-9H2/b14-11+. The first-order valence-electron chi connectivity index (χ1n) is 6.16. The fraction of sp³-hybridized carbons (Fsp3) is 0.462. The van der Waals surface area contributed by atoms with Crippen molar-refractivity contribution in [2.45, 2.75) is 24.9 Å². The Morgan fingerprint density at radius 2 is 2.00 bits per heavy atom. The van der Waals surface area contributed by atoms with E-state index < -0.39 is 0 Å². The molecule has 0 unspecified atom stereocenters. The molecular weight excluding hydrogens is 248 g/mol. The number of hydrogen-bond acceptors (Lipinski definition) is 5. The highest BCUT2D eigenvalue weighted by Gasteiger charge is 2.41. The molecule has 1 saturated heterocycles. The second-order valence-electron chi connectivity index (χ2n) is 4.96. The predicted molar refractivity (Wildman–Crippen MR) is 72.5 cm³/mol. The quantitative estimate of drug-likeness (QED) is 0.429. The number of para-hydroxylation sites is 1. The lowest BCUT2D eigenvalue weighted by Crippen LogP contribution is -2.49. The van der Waals surface area contributed by atoms with Gasteiger partial charge < -0.3 is 9.94 Å². The van der Waals surface area contributed by atoms with Crippen molar-refractivity contribution in [1.29, 1.82) is 0 Å². The number of hydrogen-bond donors (Lipinski definition) is 2. The summed E-state index contributed by atoms with van der Waals surface area (Å²) in [6.45, 7) is 1.79. The molecule has 2 aliphatic heterocycles. The molecule has 3 rings (SSSR count). The maximum atomic E-state index is 9.21. The summed E-state index contributed by atoms with van der Waals surface area (Å²) in [5, 5.41) is 12.7. The van der Waals surface area contributed by atoms with Crippen molar-refractivity contribution in [2.75, 3.05) is 13.1 Å². The van der Waals surface area contributed by atoms with Gasteiger partial charge in [-0.25, -0.2) is 0 Å². The molecule has 2 heterocycles. The van der Waals surface area contributed by atoms with Gasteiger partial charge in [-0.1, -0.05) is 30.1 Å². The van der Waals surface area contributed by atoms with Gasteiger partial charge in [-0.15, -0.1) is 0 Å². The molecule has 0 radical (unpaired) electrons. The average molecular weight is 264 g/mol. The van der Waals surface area contributed by atoms with Crippen molar-refractivity contribution in [2.24, 2.45) is 5.16 Å². The second kappa shape index (κ2) is 4.48.